The highest BCUT2D eigenvalue weighted by Gasteiger charge is 2.24. The summed E-state index contributed by atoms with van der Waals surface area (Å²) in [6, 6.07) is 2.16. The first-order valence-corrected chi connectivity index (χ1v) is 7.74. The molecule has 10 heteroatoms. The number of hydrogen-bond acceptors (Lipinski definition) is 4. The number of nitrogens with zero attached hydrogens (tertiary/aromatic N) is 1. The topological polar surface area (TPSA) is 88.5 Å². The summed E-state index contributed by atoms with van der Waals surface area (Å²) >= 11 is 17.9. The Labute approximate surface area is 156 Å². The average Bonchev–Trinajstić information content (AvgIpc) is 2.49. The predicted octanol–water partition coefficient (Wildman–Crippen LogP) is 4.51. The van der Waals surface area contributed by atoms with Crippen LogP contribution >= 0.6 is 34.8 Å². The lowest BCUT2D eigenvalue weighted by Crippen LogP contribution is -2.11. The summed E-state index contributed by atoms with van der Waals surface area (Å²) in [5.41, 5.74) is -1.04. The first-order valence-electron chi connectivity index (χ1n) is 6.60. The molecule has 1 aromatic heterocycles. The number of carbonyl (C=O) groups excluding carboxylic acids is 1. The second-order valence-corrected chi connectivity index (χ2v) is 5.93. The number of benzene rings is 1. The van der Waals surface area contributed by atoms with Crippen LogP contribution in [0.3, 0.4) is 0 Å². The number of aromatic nitrogens is 1. The number of pyridine rings is 1. The Morgan fingerprint density at radius 1 is 1.24 bits per heavy atom. The summed E-state index contributed by atoms with van der Waals surface area (Å²) in [7, 11) is 1.29. The molecule has 6 nitrogen and oxygen atoms in total. The molecular formula is C15H10Cl3FN2O4. The fourth-order valence-corrected chi connectivity index (χ4v) is 2.98. The van der Waals surface area contributed by atoms with Crippen molar-refractivity contribution >= 4 is 52.4 Å². The number of ether oxygens (including phenoxy) is 1. The minimum absolute atomic E-state index is 0.00515. The highest BCUT2D eigenvalue weighted by Crippen LogP contribution is 2.43. The standard InChI is InChI=1S/C15H10Cl3FN2O4/c1-5(22)20-9-4-8(21-13(11(9)17)15(23)24)10-7(19)3-6(16)14(25-2)12(10)18/h3-4H,1-2H3,(H,23,24)(H,20,21,22). The number of aromatic carboxylic acids is 1. The van der Waals surface area contributed by atoms with E-state index in [0.29, 0.717) is 0 Å². The third-order valence-electron chi connectivity index (χ3n) is 3.06. The summed E-state index contributed by atoms with van der Waals surface area (Å²) < 4.78 is 19.4. The van der Waals surface area contributed by atoms with Crippen molar-refractivity contribution < 1.29 is 23.8 Å². The average molecular weight is 408 g/mol. The maximum atomic E-state index is 14.4. The van der Waals surface area contributed by atoms with E-state index < -0.39 is 23.4 Å². The van der Waals surface area contributed by atoms with Crippen molar-refractivity contribution in [3.8, 4) is 17.0 Å². The first-order chi connectivity index (χ1) is 11.7. The second kappa shape index (κ2) is 7.43. The molecule has 1 heterocycles. The van der Waals surface area contributed by atoms with Crippen molar-refractivity contribution in [3.63, 3.8) is 0 Å². The lowest BCUT2D eigenvalue weighted by molar-refractivity contribution is -0.114. The Kier molecular flexibility index (Phi) is 5.72. The number of halogens is 4. The zero-order valence-electron chi connectivity index (χ0n) is 12.8. The molecule has 0 bridgehead atoms. The van der Waals surface area contributed by atoms with Crippen LogP contribution in [0.1, 0.15) is 17.4 Å². The number of amides is 1. The monoisotopic (exact) mass is 406 g/mol. The van der Waals surface area contributed by atoms with Crippen LogP contribution < -0.4 is 10.1 Å². The van der Waals surface area contributed by atoms with E-state index in [-0.39, 0.29) is 37.8 Å². The van der Waals surface area contributed by atoms with E-state index in [4.69, 9.17) is 39.5 Å². The molecule has 1 aromatic carbocycles. The molecule has 132 valence electrons. The van der Waals surface area contributed by atoms with Crippen LogP contribution in [0.4, 0.5) is 10.1 Å². The maximum Gasteiger partial charge on any atom is 0.356 e. The first kappa shape index (κ1) is 19.2. The number of carbonyl (C=O) groups is 2. The van der Waals surface area contributed by atoms with Crippen LogP contribution in [-0.4, -0.2) is 29.1 Å². The summed E-state index contributed by atoms with van der Waals surface area (Å²) in [5, 5.41) is 11.0. The molecule has 0 fully saturated rings. The van der Waals surface area contributed by atoms with Crippen LogP contribution in [0.2, 0.25) is 15.1 Å². The Bertz CT molecular complexity index is 890. The molecule has 0 atom stereocenters. The molecule has 0 unspecified atom stereocenters. The smallest absolute Gasteiger partial charge is 0.356 e. The van der Waals surface area contributed by atoms with E-state index in [2.05, 4.69) is 10.3 Å². The van der Waals surface area contributed by atoms with Crippen molar-refractivity contribution in [2.45, 2.75) is 6.92 Å². The molecule has 2 aromatic rings. The summed E-state index contributed by atoms with van der Waals surface area (Å²) in [6.07, 6.45) is 0. The van der Waals surface area contributed by atoms with E-state index in [0.717, 1.165) is 6.07 Å². The number of methoxy groups -OCH3 is 1. The molecule has 2 N–H and O–H groups in total. The van der Waals surface area contributed by atoms with Crippen LogP contribution in [-0.2, 0) is 4.79 Å². The van der Waals surface area contributed by atoms with Crippen LogP contribution in [0.5, 0.6) is 5.75 Å². The number of carboxylic acid groups (broad SMARTS) is 1. The van der Waals surface area contributed by atoms with Gasteiger partial charge in [-0.2, -0.15) is 0 Å². The lowest BCUT2D eigenvalue weighted by atomic mass is 10.1. The van der Waals surface area contributed by atoms with Crippen molar-refractivity contribution in [2.24, 2.45) is 0 Å². The minimum atomic E-state index is -1.46. The zero-order valence-corrected chi connectivity index (χ0v) is 15.1. The molecule has 0 aliphatic carbocycles. The fourth-order valence-electron chi connectivity index (χ4n) is 2.07. The number of carboxylic acids is 1. The van der Waals surface area contributed by atoms with Gasteiger partial charge >= 0.3 is 5.97 Å². The van der Waals surface area contributed by atoms with Gasteiger partial charge in [0.15, 0.2) is 11.4 Å². The lowest BCUT2D eigenvalue weighted by Gasteiger charge is -2.14. The van der Waals surface area contributed by atoms with Gasteiger partial charge in [0.05, 0.1) is 39.1 Å². The van der Waals surface area contributed by atoms with Gasteiger partial charge in [0.25, 0.3) is 0 Å². The molecule has 25 heavy (non-hydrogen) atoms. The van der Waals surface area contributed by atoms with Gasteiger partial charge in [0.2, 0.25) is 5.91 Å². The summed E-state index contributed by atoms with van der Waals surface area (Å²) in [5.74, 6) is -2.82. The van der Waals surface area contributed by atoms with Gasteiger partial charge in [-0.1, -0.05) is 34.8 Å². The van der Waals surface area contributed by atoms with Crippen LogP contribution in [0.25, 0.3) is 11.3 Å². The van der Waals surface area contributed by atoms with E-state index in [9.17, 15) is 19.1 Å². The van der Waals surface area contributed by atoms with Crippen molar-refractivity contribution in [1.82, 2.24) is 4.98 Å². The second-order valence-electron chi connectivity index (χ2n) is 4.77. The Morgan fingerprint density at radius 3 is 2.40 bits per heavy atom. The van der Waals surface area contributed by atoms with Gasteiger partial charge in [0, 0.05) is 6.92 Å². The van der Waals surface area contributed by atoms with E-state index in [1.54, 1.807) is 0 Å². The third kappa shape index (κ3) is 3.78. The minimum Gasteiger partial charge on any atom is -0.494 e. The Morgan fingerprint density at radius 2 is 1.88 bits per heavy atom. The molecule has 0 aliphatic rings. The highest BCUT2D eigenvalue weighted by molar-refractivity contribution is 6.39. The van der Waals surface area contributed by atoms with E-state index >= 15 is 0 Å². The highest BCUT2D eigenvalue weighted by atomic mass is 35.5. The quantitative estimate of drug-likeness (QED) is 0.778. The number of nitrogens with one attached hydrogen (secondary N) is 1. The normalized spacial score (nSPS) is 10.5. The van der Waals surface area contributed by atoms with E-state index in [1.165, 1.54) is 20.1 Å². The molecule has 0 saturated heterocycles. The molecule has 2 rings (SSSR count). The van der Waals surface area contributed by atoms with Gasteiger partial charge in [-0.3, -0.25) is 4.79 Å². The maximum absolute atomic E-state index is 14.4. The molecule has 0 radical (unpaired) electrons. The Hall–Kier alpha value is -2.09. The number of hydrogen-bond donors (Lipinski definition) is 2. The van der Waals surface area contributed by atoms with Gasteiger partial charge in [-0.15, -0.1) is 0 Å². The van der Waals surface area contributed by atoms with Gasteiger partial charge < -0.3 is 15.2 Å². The molecule has 1 amide bonds. The van der Waals surface area contributed by atoms with Crippen molar-refractivity contribution in [1.29, 1.82) is 0 Å². The molecule has 0 saturated carbocycles. The van der Waals surface area contributed by atoms with Gasteiger partial charge in [-0.25, -0.2) is 14.2 Å². The van der Waals surface area contributed by atoms with E-state index in [1.807, 2.05) is 0 Å². The molecule has 0 spiro atoms. The van der Waals surface area contributed by atoms with Crippen molar-refractivity contribution in [2.75, 3.05) is 12.4 Å². The van der Waals surface area contributed by atoms with Crippen molar-refractivity contribution in [3.05, 3.63) is 38.7 Å². The van der Waals surface area contributed by atoms with Crippen LogP contribution in [0, 0.1) is 5.82 Å². The Balaban J connectivity index is 2.82. The summed E-state index contributed by atoms with van der Waals surface area (Å²) in [6.45, 7) is 1.20. The largest absolute Gasteiger partial charge is 0.494 e. The number of anilines is 1. The molecular weight excluding hydrogens is 398 g/mol. The summed E-state index contributed by atoms with van der Waals surface area (Å²) in [4.78, 5) is 26.5. The van der Waals surface area contributed by atoms with Gasteiger partial charge in [-0.05, 0) is 12.1 Å². The number of rotatable bonds is 4. The van der Waals surface area contributed by atoms with Gasteiger partial charge in [0.1, 0.15) is 5.82 Å². The molecule has 0 aliphatic heterocycles. The van der Waals surface area contributed by atoms with Crippen LogP contribution in [0.15, 0.2) is 12.1 Å². The SMILES string of the molecule is COc1c(Cl)cc(F)c(-c2cc(NC(C)=O)c(Cl)c(C(=O)O)n2)c1Cl. The zero-order chi connectivity index (χ0) is 18.9. The fraction of sp³-hybridized carbons (Fsp3) is 0.133. The predicted molar refractivity (Wildman–Crippen MR) is 92.5 cm³/mol. The third-order valence-corrected chi connectivity index (χ3v) is 4.08.